The summed E-state index contributed by atoms with van der Waals surface area (Å²) in [4.78, 5) is 14.6. The van der Waals surface area contributed by atoms with Crippen LogP contribution in [0.25, 0.3) is 0 Å². The first-order chi connectivity index (χ1) is 12.8. The molecule has 3 rings (SSSR count). The topological polar surface area (TPSA) is 84.9 Å². The number of nitrogens with zero attached hydrogens (tertiary/aromatic N) is 1. The van der Waals surface area contributed by atoms with Crippen LogP contribution >= 0.6 is 0 Å². The van der Waals surface area contributed by atoms with E-state index in [1.54, 1.807) is 19.1 Å². The summed E-state index contributed by atoms with van der Waals surface area (Å²) >= 11 is 0. The number of carbonyl (C=O) groups is 1. The second kappa shape index (κ2) is 7.90. The molecule has 2 unspecified atom stereocenters. The van der Waals surface area contributed by atoms with E-state index in [4.69, 9.17) is 9.47 Å². The molecule has 0 aromatic heterocycles. The number of Topliss-reactive ketones (excluding diaryl/α,β-unsaturated/α-hetero) is 1. The van der Waals surface area contributed by atoms with Crippen LogP contribution in [0.4, 0.5) is 5.69 Å². The van der Waals surface area contributed by atoms with Crippen LogP contribution in [0, 0.1) is 0 Å². The number of hydrogen-bond donors (Lipinski definition) is 1. The van der Waals surface area contributed by atoms with Gasteiger partial charge in [0, 0.05) is 25.5 Å². The zero-order chi connectivity index (χ0) is 19.6. The Labute approximate surface area is 160 Å². The molecular weight excluding hydrogens is 368 g/mol. The van der Waals surface area contributed by atoms with Gasteiger partial charge in [-0.2, -0.15) is 0 Å². The Hall–Kier alpha value is -2.06. The molecule has 0 bridgehead atoms. The summed E-state index contributed by atoms with van der Waals surface area (Å²) in [6.07, 6.45) is 3.45. The van der Waals surface area contributed by atoms with Crippen LogP contribution in [0.1, 0.15) is 44.7 Å². The highest BCUT2D eigenvalue weighted by atomic mass is 32.2. The Morgan fingerprint density at radius 1 is 1.37 bits per heavy atom. The first kappa shape index (κ1) is 19.7. The lowest BCUT2D eigenvalue weighted by molar-refractivity contribution is -0.123. The molecule has 8 heteroatoms. The third-order valence-electron chi connectivity index (χ3n) is 4.71. The zero-order valence-corrected chi connectivity index (χ0v) is 16.7. The predicted octanol–water partition coefficient (Wildman–Crippen LogP) is 2.81. The van der Waals surface area contributed by atoms with Gasteiger partial charge in [0.2, 0.25) is 10.0 Å². The number of ketones is 1. The summed E-state index contributed by atoms with van der Waals surface area (Å²) in [6.45, 7) is 4.09. The van der Waals surface area contributed by atoms with Crippen molar-refractivity contribution in [2.75, 3.05) is 24.1 Å². The fourth-order valence-corrected chi connectivity index (χ4v) is 4.09. The van der Waals surface area contributed by atoms with Gasteiger partial charge in [0.1, 0.15) is 6.04 Å². The van der Waals surface area contributed by atoms with E-state index >= 15 is 0 Å². The van der Waals surface area contributed by atoms with E-state index in [1.807, 2.05) is 31.1 Å². The van der Waals surface area contributed by atoms with Gasteiger partial charge < -0.3 is 14.4 Å². The number of nitrogens with one attached hydrogen (secondary N) is 1. The molecule has 2 aliphatic heterocycles. The molecule has 1 saturated heterocycles. The average molecular weight is 394 g/mol. The minimum atomic E-state index is -3.49. The lowest BCUT2D eigenvalue weighted by atomic mass is 9.93. The number of allylic oxidation sites excluding steroid dienone is 1. The molecule has 0 spiro atoms. The van der Waals surface area contributed by atoms with Gasteiger partial charge in [0.05, 0.1) is 18.0 Å². The van der Waals surface area contributed by atoms with Crippen LogP contribution in [0.5, 0.6) is 5.75 Å². The molecule has 7 nitrogen and oxygen atoms in total. The Kier molecular flexibility index (Phi) is 5.76. The van der Waals surface area contributed by atoms with Gasteiger partial charge in [-0.25, -0.2) is 8.42 Å². The van der Waals surface area contributed by atoms with E-state index in [0.29, 0.717) is 30.0 Å². The summed E-state index contributed by atoms with van der Waals surface area (Å²) in [6, 6.07) is 4.66. The first-order valence-electron chi connectivity index (χ1n) is 9.14. The van der Waals surface area contributed by atoms with Crippen molar-refractivity contribution in [2.45, 2.75) is 45.4 Å². The van der Waals surface area contributed by atoms with Crippen LogP contribution in [0.2, 0.25) is 0 Å². The van der Waals surface area contributed by atoms with Crippen LogP contribution in [-0.2, 0) is 19.6 Å². The van der Waals surface area contributed by atoms with Crippen LogP contribution in [-0.4, -0.2) is 44.8 Å². The first-order valence-corrected chi connectivity index (χ1v) is 10.8. The Morgan fingerprint density at radius 3 is 2.78 bits per heavy atom. The van der Waals surface area contributed by atoms with Crippen molar-refractivity contribution in [3.05, 3.63) is 35.5 Å². The molecule has 0 saturated carbocycles. The van der Waals surface area contributed by atoms with E-state index in [-0.39, 0.29) is 11.5 Å². The monoisotopic (exact) mass is 394 g/mol. The average Bonchev–Trinajstić information content (AvgIpc) is 3.09. The number of benzene rings is 1. The third kappa shape index (κ3) is 4.44. The molecule has 0 radical (unpaired) electrons. The summed E-state index contributed by atoms with van der Waals surface area (Å²) in [5.41, 5.74) is 1.96. The number of likely N-dealkylation sites (N-methyl/N-ethyl adjacent to an activating group) is 1. The fraction of sp³-hybridized carbons (Fsp3) is 0.526. The van der Waals surface area contributed by atoms with E-state index in [0.717, 1.165) is 18.4 Å². The zero-order valence-electron chi connectivity index (χ0n) is 15.9. The van der Waals surface area contributed by atoms with Gasteiger partial charge in [-0.05, 0) is 38.1 Å². The van der Waals surface area contributed by atoms with E-state index < -0.39 is 22.4 Å². The molecule has 27 heavy (non-hydrogen) atoms. The number of sulfonamides is 1. The minimum Gasteiger partial charge on any atom is -0.462 e. The number of rotatable bonds is 6. The summed E-state index contributed by atoms with van der Waals surface area (Å²) < 4.78 is 38.5. The quantitative estimate of drug-likeness (QED) is 0.799. The van der Waals surface area contributed by atoms with Gasteiger partial charge in [-0.15, -0.1) is 0 Å². The van der Waals surface area contributed by atoms with Crippen LogP contribution < -0.4 is 9.46 Å². The van der Waals surface area contributed by atoms with Gasteiger partial charge in [-0.3, -0.25) is 9.52 Å². The number of ether oxygens (including phenoxy) is 2. The Bertz CT molecular complexity index is 844. The molecule has 2 atom stereocenters. The van der Waals surface area contributed by atoms with Crippen molar-refractivity contribution >= 4 is 21.5 Å². The lowest BCUT2D eigenvalue weighted by Crippen LogP contribution is -2.32. The molecule has 1 aromatic carbocycles. The molecule has 0 aliphatic carbocycles. The molecular formula is C19H26N2O5S. The minimum absolute atomic E-state index is 0.0465. The number of hydrogen-bond acceptors (Lipinski definition) is 6. The normalized spacial score (nSPS) is 23.3. The molecule has 1 N–H and O–H groups in total. The lowest BCUT2D eigenvalue weighted by Gasteiger charge is -2.32. The third-order valence-corrected chi connectivity index (χ3v) is 6.00. The van der Waals surface area contributed by atoms with Crippen molar-refractivity contribution in [2.24, 2.45) is 0 Å². The molecule has 1 fully saturated rings. The molecule has 2 heterocycles. The van der Waals surface area contributed by atoms with Crippen molar-refractivity contribution in [1.82, 2.24) is 4.90 Å². The molecule has 1 aromatic rings. The number of anilines is 1. The molecule has 2 aliphatic rings. The van der Waals surface area contributed by atoms with Crippen molar-refractivity contribution in [1.29, 1.82) is 0 Å². The smallest absolute Gasteiger partial charge is 0.232 e. The predicted molar refractivity (Wildman–Crippen MR) is 103 cm³/mol. The fourth-order valence-electron chi connectivity index (χ4n) is 3.45. The second-order valence-corrected chi connectivity index (χ2v) is 8.99. The SMILES string of the molecule is CCS(=O)(=O)Nc1cccc(C2C(=O)CC(C)=CN2C)c1OC1CCCO1. The standard InChI is InChI=1S/C19H26N2O5S/c1-4-27(23,24)20-15-8-5-7-14(19(15)26-17-9-6-10-25-17)18-16(22)11-13(2)12-21(18)3/h5,7-8,12,17-18,20H,4,6,9-11H2,1-3H3. The van der Waals surface area contributed by atoms with Gasteiger partial charge in [0.25, 0.3) is 0 Å². The summed E-state index contributed by atoms with van der Waals surface area (Å²) in [7, 11) is -1.66. The van der Waals surface area contributed by atoms with Crippen molar-refractivity contribution in [3.8, 4) is 5.75 Å². The van der Waals surface area contributed by atoms with E-state index in [1.165, 1.54) is 0 Å². The maximum absolute atomic E-state index is 12.7. The molecule has 0 amide bonds. The highest BCUT2D eigenvalue weighted by Crippen LogP contribution is 2.40. The highest BCUT2D eigenvalue weighted by molar-refractivity contribution is 7.92. The van der Waals surface area contributed by atoms with Crippen LogP contribution in [0.15, 0.2) is 30.0 Å². The second-order valence-electron chi connectivity index (χ2n) is 6.98. The summed E-state index contributed by atoms with van der Waals surface area (Å²) in [5, 5.41) is 0. The highest BCUT2D eigenvalue weighted by Gasteiger charge is 2.32. The maximum atomic E-state index is 12.7. The van der Waals surface area contributed by atoms with E-state index in [2.05, 4.69) is 4.72 Å². The van der Waals surface area contributed by atoms with Gasteiger partial charge in [-0.1, -0.05) is 12.1 Å². The Morgan fingerprint density at radius 2 is 2.15 bits per heavy atom. The maximum Gasteiger partial charge on any atom is 0.232 e. The van der Waals surface area contributed by atoms with Crippen LogP contribution in [0.3, 0.4) is 0 Å². The number of para-hydroxylation sites is 1. The van der Waals surface area contributed by atoms with Gasteiger partial charge in [0.15, 0.2) is 17.8 Å². The van der Waals surface area contributed by atoms with Gasteiger partial charge >= 0.3 is 0 Å². The van der Waals surface area contributed by atoms with Crippen molar-refractivity contribution < 1.29 is 22.7 Å². The van der Waals surface area contributed by atoms with Crippen molar-refractivity contribution in [3.63, 3.8) is 0 Å². The van der Waals surface area contributed by atoms with E-state index in [9.17, 15) is 13.2 Å². The largest absolute Gasteiger partial charge is 0.462 e. The summed E-state index contributed by atoms with van der Waals surface area (Å²) in [5.74, 6) is 0.352. The molecule has 148 valence electrons. The number of carbonyl (C=O) groups excluding carboxylic acids is 1. The Balaban J connectivity index is 2.05.